The highest BCUT2D eigenvalue weighted by atomic mass is 35.5. The Morgan fingerprint density at radius 1 is 1.32 bits per heavy atom. The second-order valence-electron chi connectivity index (χ2n) is 5.98. The van der Waals surface area contributed by atoms with Gasteiger partial charge in [0.05, 0.1) is 10.8 Å². The van der Waals surface area contributed by atoms with Gasteiger partial charge in [-0.05, 0) is 55.2 Å². The van der Waals surface area contributed by atoms with Crippen molar-refractivity contribution in [1.82, 2.24) is 10.9 Å². The Kier molecular flexibility index (Phi) is 5.30. The van der Waals surface area contributed by atoms with Crippen LogP contribution in [0, 0.1) is 12.8 Å². The van der Waals surface area contributed by atoms with Gasteiger partial charge in [0.15, 0.2) is 0 Å². The van der Waals surface area contributed by atoms with Gasteiger partial charge in [-0.15, -0.1) is 11.3 Å². The first kappa shape index (κ1) is 17.8. The van der Waals surface area contributed by atoms with E-state index in [0.29, 0.717) is 16.3 Å². The Morgan fingerprint density at radius 2 is 2.12 bits per heavy atom. The Bertz CT molecular complexity index is 819. The SMILES string of the molecule is CCc1sc(C(=O)NNC(=O)[C@H]2COc3ccc(Cl)cc3C2)cc1C. The molecule has 1 aliphatic heterocycles. The molecule has 2 aromatic rings. The molecule has 25 heavy (non-hydrogen) atoms. The normalized spacial score (nSPS) is 15.9. The molecule has 2 amide bonds. The molecule has 0 saturated heterocycles. The van der Waals surface area contributed by atoms with Crippen molar-refractivity contribution in [3.63, 3.8) is 0 Å². The fourth-order valence-corrected chi connectivity index (χ4v) is 4.00. The molecule has 0 radical (unpaired) electrons. The molecular weight excluding hydrogens is 360 g/mol. The summed E-state index contributed by atoms with van der Waals surface area (Å²) in [4.78, 5) is 26.3. The maximum atomic E-state index is 12.3. The largest absolute Gasteiger partial charge is 0.492 e. The lowest BCUT2D eigenvalue weighted by molar-refractivity contribution is -0.127. The Hall–Kier alpha value is -2.05. The van der Waals surface area contributed by atoms with Crippen molar-refractivity contribution in [3.8, 4) is 5.75 Å². The lowest BCUT2D eigenvalue weighted by Crippen LogP contribution is -2.46. The van der Waals surface area contributed by atoms with Gasteiger partial charge in [0.25, 0.3) is 5.91 Å². The molecule has 1 aliphatic rings. The Morgan fingerprint density at radius 3 is 2.84 bits per heavy atom. The number of amides is 2. The van der Waals surface area contributed by atoms with Gasteiger partial charge in [-0.1, -0.05) is 18.5 Å². The summed E-state index contributed by atoms with van der Waals surface area (Å²) in [6.45, 7) is 4.30. The molecule has 132 valence electrons. The van der Waals surface area contributed by atoms with Crippen molar-refractivity contribution in [2.75, 3.05) is 6.61 Å². The zero-order valence-electron chi connectivity index (χ0n) is 14.0. The van der Waals surface area contributed by atoms with Crippen LogP contribution in [0.25, 0.3) is 0 Å². The van der Waals surface area contributed by atoms with Crippen LogP contribution in [0.15, 0.2) is 24.3 Å². The molecule has 2 N–H and O–H groups in total. The van der Waals surface area contributed by atoms with Crippen LogP contribution in [-0.2, 0) is 17.6 Å². The molecule has 1 atom stereocenters. The summed E-state index contributed by atoms with van der Waals surface area (Å²) >= 11 is 7.43. The standard InChI is InChI=1S/C18H19ClN2O3S/c1-3-15-10(2)6-16(25-15)18(23)21-20-17(22)12-7-11-8-13(19)4-5-14(11)24-9-12/h4-6,8,12H,3,7,9H2,1-2H3,(H,20,22)(H,21,23)/t12-/m1/s1. The molecule has 1 aromatic heterocycles. The summed E-state index contributed by atoms with van der Waals surface area (Å²) in [7, 11) is 0. The summed E-state index contributed by atoms with van der Waals surface area (Å²) in [5.41, 5.74) is 6.97. The van der Waals surface area contributed by atoms with Gasteiger partial charge in [-0.25, -0.2) is 0 Å². The second-order valence-corrected chi connectivity index (χ2v) is 7.55. The number of rotatable bonds is 3. The zero-order valence-corrected chi connectivity index (χ0v) is 15.6. The highest BCUT2D eigenvalue weighted by molar-refractivity contribution is 7.14. The molecule has 3 rings (SSSR count). The number of aryl methyl sites for hydroxylation is 2. The maximum absolute atomic E-state index is 12.3. The van der Waals surface area contributed by atoms with Crippen LogP contribution >= 0.6 is 22.9 Å². The number of hydrogen-bond donors (Lipinski definition) is 2. The predicted molar refractivity (Wildman–Crippen MR) is 98.2 cm³/mol. The molecule has 0 spiro atoms. The molecule has 0 aliphatic carbocycles. The van der Waals surface area contributed by atoms with E-state index in [4.69, 9.17) is 16.3 Å². The number of thiophene rings is 1. The van der Waals surface area contributed by atoms with E-state index >= 15 is 0 Å². The third kappa shape index (κ3) is 3.96. The van der Waals surface area contributed by atoms with Crippen molar-refractivity contribution < 1.29 is 14.3 Å². The smallest absolute Gasteiger partial charge is 0.279 e. The molecule has 0 unspecified atom stereocenters. The third-order valence-corrected chi connectivity index (χ3v) is 5.78. The highest BCUT2D eigenvalue weighted by Crippen LogP contribution is 2.29. The molecule has 5 nitrogen and oxygen atoms in total. The van der Waals surface area contributed by atoms with Gasteiger partial charge in [0.2, 0.25) is 5.91 Å². The maximum Gasteiger partial charge on any atom is 0.279 e. The van der Waals surface area contributed by atoms with Crippen molar-refractivity contribution >= 4 is 34.8 Å². The molecule has 0 fully saturated rings. The molecule has 0 saturated carbocycles. The first-order chi connectivity index (χ1) is 12.0. The number of halogens is 1. The van der Waals surface area contributed by atoms with Crippen LogP contribution in [-0.4, -0.2) is 18.4 Å². The molecule has 1 aromatic carbocycles. The van der Waals surface area contributed by atoms with E-state index < -0.39 is 0 Å². The summed E-state index contributed by atoms with van der Waals surface area (Å²) in [5, 5.41) is 0.608. The minimum atomic E-state index is -0.373. The zero-order chi connectivity index (χ0) is 18.0. The molecule has 2 heterocycles. The van der Waals surface area contributed by atoms with E-state index in [1.165, 1.54) is 16.2 Å². The first-order valence-electron chi connectivity index (χ1n) is 8.08. The molecule has 0 bridgehead atoms. The summed E-state index contributed by atoms with van der Waals surface area (Å²) in [6.07, 6.45) is 1.41. The lowest BCUT2D eigenvalue weighted by atomic mass is 9.96. The van der Waals surface area contributed by atoms with Crippen LogP contribution in [0.1, 0.15) is 32.6 Å². The topological polar surface area (TPSA) is 67.4 Å². The Labute approximate surface area is 155 Å². The average Bonchev–Trinajstić information content (AvgIpc) is 2.99. The van der Waals surface area contributed by atoms with E-state index in [9.17, 15) is 9.59 Å². The van der Waals surface area contributed by atoms with Crippen LogP contribution in [0.3, 0.4) is 0 Å². The van der Waals surface area contributed by atoms with Gasteiger partial charge < -0.3 is 4.74 Å². The van der Waals surface area contributed by atoms with Crippen molar-refractivity contribution in [1.29, 1.82) is 0 Å². The number of hydrogen-bond acceptors (Lipinski definition) is 4. The number of carbonyl (C=O) groups excluding carboxylic acids is 2. The van der Waals surface area contributed by atoms with E-state index in [0.717, 1.165) is 23.3 Å². The highest BCUT2D eigenvalue weighted by Gasteiger charge is 2.26. The van der Waals surface area contributed by atoms with Gasteiger partial charge in [-0.2, -0.15) is 0 Å². The van der Waals surface area contributed by atoms with E-state index in [2.05, 4.69) is 17.8 Å². The molecular formula is C18H19ClN2O3S. The monoisotopic (exact) mass is 378 g/mol. The van der Waals surface area contributed by atoms with Crippen molar-refractivity contribution in [2.45, 2.75) is 26.7 Å². The number of fused-ring (bicyclic) bond motifs is 1. The predicted octanol–water partition coefficient (Wildman–Crippen LogP) is 3.28. The number of carbonyl (C=O) groups is 2. The van der Waals surface area contributed by atoms with Gasteiger partial charge in [-0.3, -0.25) is 20.4 Å². The summed E-state index contributed by atoms with van der Waals surface area (Å²) in [6, 6.07) is 7.20. The van der Waals surface area contributed by atoms with E-state index in [1.54, 1.807) is 18.2 Å². The number of hydrazine groups is 1. The third-order valence-electron chi connectivity index (χ3n) is 4.16. The lowest BCUT2D eigenvalue weighted by Gasteiger charge is -2.24. The minimum absolute atomic E-state index is 0.272. The summed E-state index contributed by atoms with van der Waals surface area (Å²) in [5.74, 6) is -0.203. The van der Waals surface area contributed by atoms with Crippen LogP contribution in [0.4, 0.5) is 0 Å². The van der Waals surface area contributed by atoms with E-state index in [1.807, 2.05) is 13.0 Å². The first-order valence-corrected chi connectivity index (χ1v) is 9.28. The quantitative estimate of drug-likeness (QED) is 0.805. The minimum Gasteiger partial charge on any atom is -0.492 e. The van der Waals surface area contributed by atoms with Crippen LogP contribution in [0.5, 0.6) is 5.75 Å². The number of ether oxygens (including phenoxy) is 1. The van der Waals surface area contributed by atoms with Crippen molar-refractivity contribution in [3.05, 3.63) is 50.2 Å². The van der Waals surface area contributed by atoms with Gasteiger partial charge in [0.1, 0.15) is 12.4 Å². The van der Waals surface area contributed by atoms with E-state index in [-0.39, 0.29) is 24.3 Å². The molecule has 7 heteroatoms. The van der Waals surface area contributed by atoms with Gasteiger partial charge >= 0.3 is 0 Å². The fraction of sp³-hybridized carbons (Fsp3) is 0.333. The van der Waals surface area contributed by atoms with Crippen molar-refractivity contribution in [2.24, 2.45) is 5.92 Å². The van der Waals surface area contributed by atoms with Gasteiger partial charge in [0, 0.05) is 9.90 Å². The fourth-order valence-electron chi connectivity index (χ4n) is 2.80. The Balaban J connectivity index is 1.58. The number of benzene rings is 1. The second kappa shape index (κ2) is 7.45. The number of nitrogens with one attached hydrogen (secondary N) is 2. The average molecular weight is 379 g/mol. The summed E-state index contributed by atoms with van der Waals surface area (Å²) < 4.78 is 5.61. The van der Waals surface area contributed by atoms with Crippen LogP contribution < -0.4 is 15.6 Å². The van der Waals surface area contributed by atoms with Crippen LogP contribution in [0.2, 0.25) is 5.02 Å².